The number of ether oxygens (including phenoxy) is 2. The highest BCUT2D eigenvalue weighted by atomic mass is 31.2. The van der Waals surface area contributed by atoms with E-state index in [0.29, 0.717) is 6.42 Å². The Kier molecular flexibility index (Phi) is 78.7. The molecule has 0 amide bonds. The number of phosphoric ester groups is 1. The predicted octanol–water partition coefficient (Wildman–Crippen LogP) is 28.1. The number of phosphoric acid groups is 1. The molecular weight excluding hydrogens is 1190 g/mol. The van der Waals surface area contributed by atoms with Gasteiger partial charge < -0.3 is 20.1 Å². The Balaban J connectivity index is 3.73. The van der Waals surface area contributed by atoms with E-state index in [1.165, 1.54) is 340 Å². The number of hydrogen-bond donors (Lipinski definition) is 2. The van der Waals surface area contributed by atoms with Crippen LogP contribution in [0.2, 0.25) is 0 Å². The van der Waals surface area contributed by atoms with Crippen molar-refractivity contribution in [2.24, 2.45) is 5.73 Å². The molecule has 0 aromatic carbocycles. The van der Waals surface area contributed by atoms with Gasteiger partial charge in [0.15, 0.2) is 6.10 Å². The van der Waals surface area contributed by atoms with E-state index < -0.39 is 26.5 Å². The normalized spacial score (nSPS) is 13.1. The molecule has 9 nitrogen and oxygen atoms in total. The topological polar surface area (TPSA) is 134 Å². The average Bonchev–Trinajstić information content (AvgIpc) is 3.32. The Bertz CT molecular complexity index is 1750. The molecule has 3 N–H and O–H groups in total. The van der Waals surface area contributed by atoms with Gasteiger partial charge >= 0.3 is 19.8 Å². The van der Waals surface area contributed by atoms with Crippen molar-refractivity contribution >= 4 is 19.8 Å². The van der Waals surface area contributed by atoms with E-state index in [-0.39, 0.29) is 38.6 Å². The van der Waals surface area contributed by atoms with Crippen LogP contribution in [0.3, 0.4) is 0 Å². The van der Waals surface area contributed by atoms with E-state index in [4.69, 9.17) is 24.3 Å². The molecule has 0 rings (SSSR count). The van der Waals surface area contributed by atoms with Crippen molar-refractivity contribution in [2.75, 3.05) is 26.4 Å². The number of carbonyl (C=O) groups is 2. The van der Waals surface area contributed by atoms with Crippen molar-refractivity contribution in [1.29, 1.82) is 0 Å². The minimum Gasteiger partial charge on any atom is -0.462 e. The Morgan fingerprint density at radius 1 is 0.326 bits per heavy atom. The lowest BCUT2D eigenvalue weighted by atomic mass is 10.0. The van der Waals surface area contributed by atoms with Gasteiger partial charge in [-0.25, -0.2) is 4.57 Å². The van der Waals surface area contributed by atoms with Gasteiger partial charge in [0.1, 0.15) is 6.61 Å². The minimum absolute atomic E-state index is 0.0553. The highest BCUT2D eigenvalue weighted by Gasteiger charge is 2.26. The molecule has 0 heterocycles. The highest BCUT2D eigenvalue weighted by molar-refractivity contribution is 7.47. The monoisotopic (exact) mass is 1350 g/mol. The van der Waals surface area contributed by atoms with Crippen LogP contribution in [0.5, 0.6) is 0 Å². The van der Waals surface area contributed by atoms with Gasteiger partial charge in [-0.2, -0.15) is 0 Å². The summed E-state index contributed by atoms with van der Waals surface area (Å²) in [6.45, 7) is 3.71. The summed E-state index contributed by atoms with van der Waals surface area (Å²) in [7, 11) is -4.40. The summed E-state index contributed by atoms with van der Waals surface area (Å²) < 4.78 is 33.3. The molecule has 0 bridgehead atoms. The molecule has 2 unspecified atom stereocenters. The average molecular weight is 1360 g/mol. The van der Waals surface area contributed by atoms with Crippen LogP contribution in [-0.2, 0) is 32.7 Å². The molecule has 558 valence electrons. The number of nitrogens with two attached hydrogens (primary N) is 1. The molecule has 0 spiro atoms. The molecule has 95 heavy (non-hydrogen) atoms. The quantitative estimate of drug-likeness (QED) is 0.0264. The van der Waals surface area contributed by atoms with Crippen LogP contribution < -0.4 is 5.73 Å². The maximum Gasteiger partial charge on any atom is 0.472 e. The maximum absolute atomic E-state index is 12.8. The Morgan fingerprint density at radius 3 is 0.863 bits per heavy atom. The second-order valence-electron chi connectivity index (χ2n) is 28.3. The first-order valence-corrected chi connectivity index (χ1v) is 43.3. The molecule has 0 saturated carbocycles. The summed E-state index contributed by atoms with van der Waals surface area (Å²) >= 11 is 0. The SMILES string of the molecule is CC/C=C\C/C=C\C/C=C\C/C=C\C/C=C\CCCCCCCCCCCCCCCCCCCCCC(=O)OC(COC(=O)CCCCCCCCCCCCCCCCCCCCCCCCCCCCCCCCCCCCCCCCC)COP(=O)(O)OCCN. The van der Waals surface area contributed by atoms with Crippen LogP contribution in [0.4, 0.5) is 0 Å². The molecule has 0 aromatic rings. The summed E-state index contributed by atoms with van der Waals surface area (Å²) in [6.07, 6.45) is 107. The van der Waals surface area contributed by atoms with Crippen molar-refractivity contribution in [3.63, 3.8) is 0 Å². The molecule has 0 aliphatic rings. The van der Waals surface area contributed by atoms with Crippen LogP contribution in [0, 0.1) is 0 Å². The summed E-state index contributed by atoms with van der Waals surface area (Å²) in [5.74, 6) is -0.803. The lowest BCUT2D eigenvalue weighted by Gasteiger charge is -2.19. The Hall–Kier alpha value is -2.29. The third-order valence-electron chi connectivity index (χ3n) is 18.9. The molecule has 0 aromatic heterocycles. The first kappa shape index (κ1) is 92.7. The Labute approximate surface area is 590 Å². The van der Waals surface area contributed by atoms with Gasteiger partial charge in [0.05, 0.1) is 13.2 Å². The number of rotatable bonds is 80. The first-order valence-electron chi connectivity index (χ1n) is 41.8. The van der Waals surface area contributed by atoms with Gasteiger partial charge in [0, 0.05) is 19.4 Å². The van der Waals surface area contributed by atoms with E-state index in [0.717, 1.165) is 64.2 Å². The largest absolute Gasteiger partial charge is 0.472 e. The molecule has 10 heteroatoms. The fourth-order valence-corrected chi connectivity index (χ4v) is 13.6. The van der Waals surface area contributed by atoms with E-state index in [9.17, 15) is 19.0 Å². The van der Waals surface area contributed by atoms with Crippen molar-refractivity contribution in [3.05, 3.63) is 60.8 Å². The van der Waals surface area contributed by atoms with Crippen LogP contribution in [0.1, 0.15) is 438 Å². The van der Waals surface area contributed by atoms with Crippen molar-refractivity contribution < 1.29 is 37.6 Å². The van der Waals surface area contributed by atoms with E-state index in [1.807, 2.05) is 0 Å². The zero-order valence-corrected chi connectivity index (χ0v) is 64.1. The Morgan fingerprint density at radius 2 is 0.579 bits per heavy atom. The predicted molar refractivity (Wildman–Crippen MR) is 413 cm³/mol. The number of esters is 2. The third kappa shape index (κ3) is 80.6. The highest BCUT2D eigenvalue weighted by Crippen LogP contribution is 2.43. The van der Waals surface area contributed by atoms with Crippen molar-refractivity contribution in [1.82, 2.24) is 0 Å². The molecular formula is C85H160NO8P. The molecule has 0 radical (unpaired) electrons. The summed E-state index contributed by atoms with van der Waals surface area (Å²) in [5, 5.41) is 0. The van der Waals surface area contributed by atoms with Crippen LogP contribution in [-0.4, -0.2) is 49.3 Å². The lowest BCUT2D eigenvalue weighted by molar-refractivity contribution is -0.161. The molecule has 2 atom stereocenters. The van der Waals surface area contributed by atoms with Gasteiger partial charge in [-0.1, -0.05) is 428 Å². The van der Waals surface area contributed by atoms with Gasteiger partial charge in [-0.15, -0.1) is 0 Å². The van der Waals surface area contributed by atoms with E-state index >= 15 is 0 Å². The molecule has 0 aliphatic heterocycles. The fourth-order valence-electron chi connectivity index (χ4n) is 12.8. The van der Waals surface area contributed by atoms with Crippen LogP contribution in [0.15, 0.2) is 60.8 Å². The van der Waals surface area contributed by atoms with Crippen LogP contribution >= 0.6 is 7.82 Å². The second kappa shape index (κ2) is 80.7. The third-order valence-corrected chi connectivity index (χ3v) is 19.9. The zero-order valence-electron chi connectivity index (χ0n) is 63.2. The smallest absolute Gasteiger partial charge is 0.462 e. The van der Waals surface area contributed by atoms with Crippen molar-refractivity contribution in [2.45, 2.75) is 444 Å². The maximum atomic E-state index is 12.8. The molecule has 0 fully saturated rings. The lowest BCUT2D eigenvalue weighted by Crippen LogP contribution is -2.29. The van der Waals surface area contributed by atoms with E-state index in [1.54, 1.807) is 0 Å². The number of hydrogen-bond acceptors (Lipinski definition) is 8. The summed E-state index contributed by atoms with van der Waals surface area (Å²) in [4.78, 5) is 35.5. The summed E-state index contributed by atoms with van der Waals surface area (Å²) in [6, 6.07) is 0. The molecule has 0 aliphatic carbocycles. The van der Waals surface area contributed by atoms with E-state index in [2.05, 4.69) is 74.6 Å². The minimum atomic E-state index is -4.40. The standard InChI is InChI=1S/C85H160NO8P/c1-3-5-7-9-11-13-15-17-19-21-23-25-27-29-31-33-35-37-39-40-41-42-44-45-47-49-51-53-55-57-59-61-63-65-67-69-71-73-75-77-84(87)91-81-83(82-93-95(89,90)92-80-79-86)94-85(88)78-76-74-72-70-68-66-64-62-60-58-56-54-52-50-48-46-43-38-36-34-32-30-28-26-24-22-20-18-16-14-12-10-8-6-4-2/h6,8,12,14,18,20,24,26,30,32,83H,3-5,7,9-11,13,15-17,19,21-23,25,27-29,31,33-82,86H2,1-2H3,(H,89,90)/b8-6-,14-12-,20-18-,26-24-,32-30-. The number of allylic oxidation sites excluding steroid dienone is 10. The molecule has 0 saturated heterocycles. The van der Waals surface area contributed by atoms with Gasteiger partial charge in [-0.05, 0) is 57.8 Å². The van der Waals surface area contributed by atoms with Gasteiger partial charge in [-0.3, -0.25) is 18.6 Å². The number of unbranched alkanes of at least 4 members (excludes halogenated alkanes) is 57. The fraction of sp³-hybridized carbons (Fsp3) is 0.859. The second-order valence-corrected chi connectivity index (χ2v) is 29.8. The first-order chi connectivity index (χ1) is 46.8. The van der Waals surface area contributed by atoms with Gasteiger partial charge in [0.25, 0.3) is 0 Å². The van der Waals surface area contributed by atoms with Crippen molar-refractivity contribution in [3.8, 4) is 0 Å². The zero-order chi connectivity index (χ0) is 68.6. The van der Waals surface area contributed by atoms with Gasteiger partial charge in [0.2, 0.25) is 0 Å². The van der Waals surface area contributed by atoms with Crippen LogP contribution in [0.25, 0.3) is 0 Å². The summed E-state index contributed by atoms with van der Waals surface area (Å²) in [5.41, 5.74) is 5.42. The number of carbonyl (C=O) groups excluding carboxylic acids is 2.